The number of alkyl halides is 3. The van der Waals surface area contributed by atoms with E-state index in [2.05, 4.69) is 20.8 Å². The third kappa shape index (κ3) is 11.9. The first-order valence-electron chi connectivity index (χ1n) is 13.7. The molecule has 3 aromatic rings. The summed E-state index contributed by atoms with van der Waals surface area (Å²) in [6.45, 7) is 1.42. The van der Waals surface area contributed by atoms with Crippen LogP contribution in [-0.2, 0) is 33.6 Å². The Labute approximate surface area is 256 Å². The number of hydrogen-bond donors (Lipinski definition) is 5. The lowest BCUT2D eigenvalue weighted by atomic mass is 10.0. The topological polar surface area (TPSA) is 165 Å². The first-order valence-corrected chi connectivity index (χ1v) is 14.5. The number of carbonyl (C=O) groups is 3. The summed E-state index contributed by atoms with van der Waals surface area (Å²) < 4.78 is 37.6. The van der Waals surface area contributed by atoms with Crippen LogP contribution in [-0.4, -0.2) is 34.1 Å². The van der Waals surface area contributed by atoms with E-state index in [1.54, 1.807) is 30.3 Å². The van der Waals surface area contributed by atoms with Gasteiger partial charge in [0.05, 0.1) is 18.9 Å². The van der Waals surface area contributed by atoms with Gasteiger partial charge in [0.15, 0.2) is 0 Å². The molecule has 44 heavy (non-hydrogen) atoms. The molecule has 1 aromatic heterocycles. The summed E-state index contributed by atoms with van der Waals surface area (Å²) in [6.07, 6.45) is 1.13. The van der Waals surface area contributed by atoms with Crippen LogP contribution in [0.5, 0.6) is 0 Å². The van der Waals surface area contributed by atoms with Crippen molar-refractivity contribution in [2.24, 2.45) is 11.5 Å². The fourth-order valence-corrected chi connectivity index (χ4v) is 4.80. The predicted octanol–water partition coefficient (Wildman–Crippen LogP) is 4.17. The molecule has 0 spiro atoms. The van der Waals surface area contributed by atoms with Crippen molar-refractivity contribution in [3.63, 3.8) is 0 Å². The summed E-state index contributed by atoms with van der Waals surface area (Å²) in [5.41, 5.74) is 14.4. The molecule has 0 fully saturated rings. The average molecular weight is 630 g/mol. The van der Waals surface area contributed by atoms with E-state index in [-0.39, 0.29) is 24.6 Å². The van der Waals surface area contributed by atoms with E-state index in [0.29, 0.717) is 34.8 Å². The molecule has 10 nitrogen and oxygen atoms in total. The number of nitrogens with one attached hydrogen (secondary N) is 3. The van der Waals surface area contributed by atoms with Crippen molar-refractivity contribution < 1.29 is 27.6 Å². The first-order chi connectivity index (χ1) is 20.9. The third-order valence-electron chi connectivity index (χ3n) is 6.21. The summed E-state index contributed by atoms with van der Waals surface area (Å²) in [5.74, 6) is -2.54. The van der Waals surface area contributed by atoms with Gasteiger partial charge in [-0.15, -0.1) is 10.2 Å². The van der Waals surface area contributed by atoms with Crippen molar-refractivity contribution in [3.8, 4) is 0 Å². The molecule has 3 amide bonds. The van der Waals surface area contributed by atoms with Gasteiger partial charge in [0, 0.05) is 12.1 Å². The lowest BCUT2D eigenvalue weighted by Crippen LogP contribution is -2.38. The molecule has 0 aliphatic carbocycles. The van der Waals surface area contributed by atoms with Gasteiger partial charge >= 0.3 is 12.1 Å². The number of aromatic nitrogens is 2. The van der Waals surface area contributed by atoms with Crippen molar-refractivity contribution in [2.45, 2.75) is 57.7 Å². The van der Waals surface area contributed by atoms with Gasteiger partial charge in [-0.05, 0) is 55.0 Å². The largest absolute Gasteiger partial charge is 0.471 e. The highest BCUT2D eigenvalue weighted by atomic mass is 32.1. The van der Waals surface area contributed by atoms with E-state index < -0.39 is 24.0 Å². The number of nitrogens with zero attached hydrogens (tertiary/aromatic N) is 2. The number of benzene rings is 2. The summed E-state index contributed by atoms with van der Waals surface area (Å²) in [5, 5.41) is 16.6. The van der Waals surface area contributed by atoms with Crippen LogP contribution < -0.4 is 27.4 Å². The standard InChI is InChI=1S/C30H34F3N7O3S/c1-19(36-28(43)30(31,32)33)22-11-7-10-21(16-22)18-25(41)37-24(35)15-14-23(34)12-5-6-13-27-39-40-29(44-27)38-26(42)17-20-8-3-2-4-9-20/h2-4,7-11,14-16,19H,5-6,12-13,17-18,34-35H2,1H3,(H,36,43)(H,37,41)(H,38,40,42)/b23-14-,24-15+. The van der Waals surface area contributed by atoms with Crippen LogP contribution in [0.2, 0.25) is 0 Å². The molecule has 234 valence electrons. The first kappa shape index (κ1) is 33.8. The van der Waals surface area contributed by atoms with Crippen molar-refractivity contribution in [2.75, 3.05) is 5.32 Å². The maximum absolute atomic E-state index is 12.5. The molecule has 0 saturated carbocycles. The number of rotatable bonds is 14. The minimum absolute atomic E-state index is 0.0778. The zero-order valence-corrected chi connectivity index (χ0v) is 24.8. The van der Waals surface area contributed by atoms with Crippen LogP contribution in [0.3, 0.4) is 0 Å². The van der Waals surface area contributed by atoms with E-state index >= 15 is 0 Å². The summed E-state index contributed by atoms with van der Waals surface area (Å²) in [4.78, 5) is 35.8. The second-order valence-corrected chi connectivity index (χ2v) is 11.0. The number of carbonyl (C=O) groups excluding carboxylic acids is 3. The Kier molecular flexibility index (Phi) is 12.4. The average Bonchev–Trinajstić information content (AvgIpc) is 3.41. The molecule has 1 heterocycles. The van der Waals surface area contributed by atoms with Gasteiger partial charge in [-0.3, -0.25) is 14.4 Å². The molecule has 3 rings (SSSR count). The van der Waals surface area contributed by atoms with Gasteiger partial charge in [0.25, 0.3) is 0 Å². The Morgan fingerprint density at radius 3 is 2.36 bits per heavy atom. The normalized spacial score (nSPS) is 12.8. The quantitative estimate of drug-likeness (QED) is 0.132. The Hall–Kier alpha value is -4.72. The second-order valence-electron chi connectivity index (χ2n) is 9.95. The van der Waals surface area contributed by atoms with Gasteiger partial charge in [-0.1, -0.05) is 65.9 Å². The van der Waals surface area contributed by atoms with E-state index in [0.717, 1.165) is 23.4 Å². The Morgan fingerprint density at radius 1 is 0.932 bits per heavy atom. The van der Waals surface area contributed by atoms with Crippen molar-refractivity contribution in [1.82, 2.24) is 20.8 Å². The van der Waals surface area contributed by atoms with Crippen LogP contribution >= 0.6 is 11.3 Å². The zero-order chi connectivity index (χ0) is 32.1. The monoisotopic (exact) mass is 629 g/mol. The van der Waals surface area contributed by atoms with Crippen molar-refractivity contribution in [3.05, 3.63) is 100.0 Å². The third-order valence-corrected chi connectivity index (χ3v) is 7.11. The molecule has 0 saturated heterocycles. The highest BCUT2D eigenvalue weighted by Gasteiger charge is 2.39. The SMILES string of the molecule is CC(NC(=O)C(F)(F)F)c1cccc(CC(=O)N/C(N)=C/C=C(\N)CCCCc2nnc(NC(=O)Cc3ccccc3)s2)c1. The number of aryl methyl sites for hydroxylation is 1. The van der Waals surface area contributed by atoms with E-state index in [9.17, 15) is 27.6 Å². The molecule has 1 unspecified atom stereocenters. The smallest absolute Gasteiger partial charge is 0.402 e. The molecular formula is C30H34F3N7O3S. The molecule has 7 N–H and O–H groups in total. The molecule has 0 radical (unpaired) electrons. The minimum Gasteiger partial charge on any atom is -0.402 e. The number of hydrogen-bond acceptors (Lipinski definition) is 8. The molecule has 1 atom stereocenters. The van der Waals surface area contributed by atoms with E-state index in [4.69, 9.17) is 11.5 Å². The molecule has 14 heteroatoms. The van der Waals surface area contributed by atoms with Crippen LogP contribution in [0.1, 0.15) is 53.9 Å². The maximum atomic E-state index is 12.5. The van der Waals surface area contributed by atoms with Crippen LogP contribution in [0.25, 0.3) is 0 Å². The van der Waals surface area contributed by atoms with Crippen LogP contribution in [0.15, 0.2) is 78.3 Å². The highest BCUT2D eigenvalue weighted by Crippen LogP contribution is 2.20. The fraction of sp³-hybridized carbons (Fsp3) is 0.300. The second kappa shape index (κ2) is 16.2. The van der Waals surface area contributed by atoms with Gasteiger partial charge in [0.2, 0.25) is 16.9 Å². The Morgan fingerprint density at radius 2 is 1.64 bits per heavy atom. The van der Waals surface area contributed by atoms with Crippen molar-refractivity contribution in [1.29, 1.82) is 0 Å². The Bertz CT molecular complexity index is 1490. The zero-order valence-electron chi connectivity index (χ0n) is 24.0. The number of unbranched alkanes of at least 4 members (excludes halogenated alkanes) is 1. The summed E-state index contributed by atoms with van der Waals surface area (Å²) in [6, 6.07) is 14.9. The number of amides is 3. The van der Waals surface area contributed by atoms with Gasteiger partial charge in [-0.25, -0.2) is 0 Å². The predicted molar refractivity (Wildman–Crippen MR) is 162 cm³/mol. The van der Waals surface area contributed by atoms with Gasteiger partial charge in [-0.2, -0.15) is 13.2 Å². The van der Waals surface area contributed by atoms with Crippen LogP contribution in [0, 0.1) is 0 Å². The lowest BCUT2D eigenvalue weighted by Gasteiger charge is -2.16. The molecule has 0 bridgehead atoms. The number of halogens is 3. The summed E-state index contributed by atoms with van der Waals surface area (Å²) in [7, 11) is 0. The number of nitrogens with two attached hydrogens (primary N) is 2. The lowest BCUT2D eigenvalue weighted by molar-refractivity contribution is -0.174. The van der Waals surface area contributed by atoms with Crippen LogP contribution in [0.4, 0.5) is 18.3 Å². The molecule has 0 aliphatic rings. The highest BCUT2D eigenvalue weighted by molar-refractivity contribution is 7.15. The maximum Gasteiger partial charge on any atom is 0.471 e. The minimum atomic E-state index is -4.98. The van der Waals surface area contributed by atoms with E-state index in [1.807, 2.05) is 35.6 Å². The molecule has 2 aromatic carbocycles. The number of anilines is 1. The van der Waals surface area contributed by atoms with Gasteiger partial charge in [0.1, 0.15) is 10.8 Å². The van der Waals surface area contributed by atoms with Gasteiger partial charge < -0.3 is 27.4 Å². The molecule has 0 aliphatic heterocycles. The van der Waals surface area contributed by atoms with Crippen molar-refractivity contribution >= 4 is 34.2 Å². The number of allylic oxidation sites excluding steroid dienone is 3. The van der Waals surface area contributed by atoms with E-state index in [1.165, 1.54) is 24.3 Å². The Balaban J connectivity index is 1.37. The fourth-order valence-electron chi connectivity index (χ4n) is 4.00. The summed E-state index contributed by atoms with van der Waals surface area (Å²) >= 11 is 1.33. The molecular weight excluding hydrogens is 595 g/mol.